The molecule has 0 saturated heterocycles. The molecule has 0 aromatic rings. The van der Waals surface area contributed by atoms with Crippen molar-refractivity contribution in [3.05, 3.63) is 0 Å². The Hall–Kier alpha value is -1.12. The van der Waals surface area contributed by atoms with Crippen molar-refractivity contribution in [2.24, 2.45) is 11.8 Å². The maximum atomic E-state index is 11.7. The highest BCUT2D eigenvalue weighted by molar-refractivity contribution is 5.72. The maximum Gasteiger partial charge on any atom is 0.308 e. The molecule has 1 aliphatic rings. The van der Waals surface area contributed by atoms with Crippen molar-refractivity contribution < 1.29 is 14.6 Å². The van der Waals surface area contributed by atoms with Gasteiger partial charge < -0.3 is 9.84 Å². The van der Waals surface area contributed by atoms with Gasteiger partial charge in [-0.05, 0) is 46.1 Å². The van der Waals surface area contributed by atoms with Crippen molar-refractivity contribution in [3.8, 4) is 6.07 Å². The van der Waals surface area contributed by atoms with Crippen molar-refractivity contribution in [1.29, 1.82) is 5.26 Å². The molecule has 120 valence electrons. The molecular weight excluding hydrogens is 268 g/mol. The quantitative estimate of drug-likeness (QED) is 0.727. The van der Waals surface area contributed by atoms with Gasteiger partial charge in [-0.25, -0.2) is 0 Å². The van der Waals surface area contributed by atoms with Crippen LogP contribution in [-0.4, -0.2) is 47.8 Å². The zero-order valence-corrected chi connectivity index (χ0v) is 13.5. The molecule has 1 aliphatic carbocycles. The van der Waals surface area contributed by atoms with Gasteiger partial charge in [0.1, 0.15) is 0 Å². The molecule has 5 heteroatoms. The highest BCUT2D eigenvalue weighted by Gasteiger charge is 2.37. The topological polar surface area (TPSA) is 73.6 Å². The number of likely N-dealkylation sites (N-methyl/N-ethyl adjacent to an activating group) is 1. The molecule has 0 aromatic heterocycles. The van der Waals surface area contributed by atoms with E-state index in [1.54, 1.807) is 0 Å². The molecule has 0 aromatic carbocycles. The van der Waals surface area contributed by atoms with E-state index in [2.05, 4.69) is 11.0 Å². The molecule has 5 nitrogen and oxygen atoms in total. The minimum absolute atomic E-state index is 0.0376. The fourth-order valence-electron chi connectivity index (χ4n) is 2.96. The van der Waals surface area contributed by atoms with E-state index in [0.29, 0.717) is 45.4 Å². The van der Waals surface area contributed by atoms with Crippen LogP contribution in [0.3, 0.4) is 0 Å². The molecule has 0 amide bonds. The average Bonchev–Trinajstić information content (AvgIpc) is 2.47. The summed E-state index contributed by atoms with van der Waals surface area (Å²) in [5.74, 6) is -0.243. The van der Waals surface area contributed by atoms with Crippen LogP contribution in [0.1, 0.15) is 46.5 Å². The summed E-state index contributed by atoms with van der Waals surface area (Å²) >= 11 is 0. The number of hydrogen-bond acceptors (Lipinski definition) is 5. The Kier molecular flexibility index (Phi) is 7.13. The third-order valence-corrected chi connectivity index (χ3v) is 4.25. The van der Waals surface area contributed by atoms with Crippen LogP contribution < -0.4 is 0 Å². The highest BCUT2D eigenvalue weighted by Crippen LogP contribution is 2.33. The van der Waals surface area contributed by atoms with E-state index < -0.39 is 5.60 Å². The lowest BCUT2D eigenvalue weighted by Crippen LogP contribution is -2.47. The van der Waals surface area contributed by atoms with E-state index in [9.17, 15) is 9.90 Å². The second kappa shape index (κ2) is 8.35. The second-order valence-electron chi connectivity index (χ2n) is 6.11. The molecule has 0 radical (unpaired) electrons. The zero-order chi connectivity index (χ0) is 15.9. The third-order valence-electron chi connectivity index (χ3n) is 4.25. The summed E-state index contributed by atoms with van der Waals surface area (Å²) in [7, 11) is 0. The van der Waals surface area contributed by atoms with Crippen molar-refractivity contribution in [1.82, 2.24) is 4.90 Å². The normalized spacial score (nSPS) is 27.1. The van der Waals surface area contributed by atoms with Gasteiger partial charge in [0, 0.05) is 13.1 Å². The summed E-state index contributed by atoms with van der Waals surface area (Å²) < 4.78 is 5.05. The zero-order valence-electron chi connectivity index (χ0n) is 13.5. The van der Waals surface area contributed by atoms with Crippen LogP contribution in [0.2, 0.25) is 0 Å². The number of rotatable bonds is 7. The molecule has 0 aliphatic heterocycles. The van der Waals surface area contributed by atoms with E-state index in [0.717, 1.165) is 6.54 Å². The lowest BCUT2D eigenvalue weighted by atomic mass is 9.78. The number of nitrogens with zero attached hydrogens (tertiary/aromatic N) is 2. The summed E-state index contributed by atoms with van der Waals surface area (Å²) in [6, 6.07) is 2.23. The van der Waals surface area contributed by atoms with Crippen molar-refractivity contribution >= 4 is 5.97 Å². The Morgan fingerprint density at radius 1 is 1.48 bits per heavy atom. The van der Waals surface area contributed by atoms with E-state index in [-0.39, 0.29) is 17.8 Å². The first-order valence-electron chi connectivity index (χ1n) is 7.95. The number of nitriles is 1. The number of esters is 1. The Bertz CT molecular complexity index is 370. The lowest BCUT2D eigenvalue weighted by molar-refractivity contribution is -0.151. The lowest BCUT2D eigenvalue weighted by Gasteiger charge is -2.39. The Morgan fingerprint density at radius 3 is 2.57 bits per heavy atom. The molecule has 1 N–H and O–H groups in total. The highest BCUT2D eigenvalue weighted by atomic mass is 16.5. The predicted octanol–water partition coefficient (Wildman–Crippen LogP) is 1.95. The van der Waals surface area contributed by atoms with Crippen LogP contribution in [0.5, 0.6) is 0 Å². The number of carbonyl (C=O) groups is 1. The van der Waals surface area contributed by atoms with Crippen molar-refractivity contribution in [2.45, 2.75) is 52.1 Å². The average molecular weight is 296 g/mol. The van der Waals surface area contributed by atoms with E-state index in [1.807, 2.05) is 20.8 Å². The smallest absolute Gasteiger partial charge is 0.308 e. The molecule has 1 saturated carbocycles. The summed E-state index contributed by atoms with van der Waals surface area (Å²) in [4.78, 5) is 13.8. The van der Waals surface area contributed by atoms with Gasteiger partial charge in [0.05, 0.1) is 30.1 Å². The SMILES string of the molecule is CCOC(=O)C1CCC(O)(CN(CC)CC(C)C#N)CC1. The number of carbonyl (C=O) groups excluding carboxylic acids is 1. The molecular formula is C16H28N2O3. The maximum absolute atomic E-state index is 11.7. The van der Waals surface area contributed by atoms with Gasteiger partial charge in [0.15, 0.2) is 0 Å². The van der Waals surface area contributed by atoms with Crippen molar-refractivity contribution in [2.75, 3.05) is 26.2 Å². The number of ether oxygens (including phenoxy) is 1. The summed E-state index contributed by atoms with van der Waals surface area (Å²) in [6.45, 7) is 8.22. The van der Waals surface area contributed by atoms with Crippen LogP contribution in [0.4, 0.5) is 0 Å². The van der Waals surface area contributed by atoms with Crippen LogP contribution in [0.15, 0.2) is 0 Å². The van der Waals surface area contributed by atoms with Crippen LogP contribution >= 0.6 is 0 Å². The molecule has 1 unspecified atom stereocenters. The van der Waals surface area contributed by atoms with Crippen LogP contribution in [-0.2, 0) is 9.53 Å². The van der Waals surface area contributed by atoms with Gasteiger partial charge in [-0.1, -0.05) is 6.92 Å². The predicted molar refractivity (Wildman–Crippen MR) is 80.4 cm³/mol. The summed E-state index contributed by atoms with van der Waals surface area (Å²) in [5.41, 5.74) is -0.742. The first-order valence-corrected chi connectivity index (χ1v) is 7.95. The van der Waals surface area contributed by atoms with Gasteiger partial charge in [0.2, 0.25) is 0 Å². The van der Waals surface area contributed by atoms with Crippen molar-refractivity contribution in [3.63, 3.8) is 0 Å². The molecule has 0 bridgehead atoms. The van der Waals surface area contributed by atoms with Gasteiger partial charge in [0.25, 0.3) is 0 Å². The third kappa shape index (κ3) is 5.64. The van der Waals surface area contributed by atoms with Crippen LogP contribution in [0.25, 0.3) is 0 Å². The first kappa shape index (κ1) is 17.9. The minimum Gasteiger partial charge on any atom is -0.466 e. The van der Waals surface area contributed by atoms with Gasteiger partial charge in [-0.15, -0.1) is 0 Å². The molecule has 1 atom stereocenters. The van der Waals surface area contributed by atoms with E-state index in [4.69, 9.17) is 10.00 Å². The standard InChI is InChI=1S/C16H28N2O3/c1-4-18(11-13(3)10-17)12-16(20)8-6-14(7-9-16)15(19)21-5-2/h13-14,20H,4-9,11-12H2,1-3H3. The fourth-order valence-corrected chi connectivity index (χ4v) is 2.96. The monoisotopic (exact) mass is 296 g/mol. The number of aliphatic hydroxyl groups is 1. The summed E-state index contributed by atoms with van der Waals surface area (Å²) in [6.07, 6.45) is 2.60. The van der Waals surface area contributed by atoms with E-state index in [1.165, 1.54) is 0 Å². The first-order chi connectivity index (χ1) is 9.94. The Morgan fingerprint density at radius 2 is 2.10 bits per heavy atom. The fraction of sp³-hybridized carbons (Fsp3) is 0.875. The molecule has 0 spiro atoms. The minimum atomic E-state index is -0.742. The van der Waals surface area contributed by atoms with E-state index >= 15 is 0 Å². The number of hydrogen-bond donors (Lipinski definition) is 1. The summed E-state index contributed by atoms with van der Waals surface area (Å²) in [5, 5.41) is 19.6. The molecule has 21 heavy (non-hydrogen) atoms. The van der Waals surface area contributed by atoms with Gasteiger partial charge in [-0.3, -0.25) is 9.69 Å². The largest absolute Gasteiger partial charge is 0.466 e. The Balaban J connectivity index is 2.49. The van der Waals surface area contributed by atoms with Gasteiger partial charge in [-0.2, -0.15) is 5.26 Å². The second-order valence-corrected chi connectivity index (χ2v) is 6.11. The van der Waals surface area contributed by atoms with Crippen LogP contribution in [0, 0.1) is 23.2 Å². The molecule has 0 heterocycles. The van der Waals surface area contributed by atoms with Gasteiger partial charge >= 0.3 is 5.97 Å². The molecule has 1 fully saturated rings. The molecule has 1 rings (SSSR count). The Labute approximate surface area is 127 Å².